The van der Waals surface area contributed by atoms with Crippen LogP contribution in [-0.2, 0) is 0 Å². The molecule has 3 aromatic rings. The van der Waals surface area contributed by atoms with Crippen molar-refractivity contribution in [1.82, 2.24) is 9.97 Å². The molecular weight excluding hydrogens is 282 g/mol. The second kappa shape index (κ2) is 5.40. The van der Waals surface area contributed by atoms with Gasteiger partial charge in [-0.2, -0.15) is 0 Å². The number of hydrogen-bond donors (Lipinski definition) is 2. The van der Waals surface area contributed by atoms with E-state index in [2.05, 4.69) is 9.97 Å². The van der Waals surface area contributed by atoms with E-state index in [1.807, 2.05) is 6.07 Å². The van der Waals surface area contributed by atoms with Crippen molar-refractivity contribution < 1.29 is 9.47 Å². The zero-order chi connectivity index (χ0) is 15.7. The Bertz CT molecular complexity index is 903. The van der Waals surface area contributed by atoms with Crippen molar-refractivity contribution in [3.8, 4) is 22.9 Å². The Morgan fingerprint density at radius 2 is 1.77 bits per heavy atom. The molecule has 0 saturated heterocycles. The fourth-order valence-electron chi connectivity index (χ4n) is 2.31. The Balaban J connectivity index is 2.25. The third-order valence-electron chi connectivity index (χ3n) is 3.42. The number of H-pyrrole nitrogens is 1. The predicted octanol–water partition coefficient (Wildman–Crippen LogP) is 2.19. The molecule has 3 rings (SSSR count). The number of methoxy groups -OCH3 is 2. The maximum atomic E-state index is 12.2. The highest BCUT2D eigenvalue weighted by molar-refractivity contribution is 5.82. The number of aromatic amines is 1. The van der Waals surface area contributed by atoms with Crippen LogP contribution in [0.1, 0.15) is 0 Å². The minimum absolute atomic E-state index is 0.213. The molecule has 1 aromatic heterocycles. The monoisotopic (exact) mass is 297 g/mol. The Kier molecular flexibility index (Phi) is 3.42. The lowest BCUT2D eigenvalue weighted by atomic mass is 10.1. The van der Waals surface area contributed by atoms with Gasteiger partial charge in [0.15, 0.2) is 11.5 Å². The minimum Gasteiger partial charge on any atom is -0.493 e. The first-order valence-electron chi connectivity index (χ1n) is 6.65. The summed E-state index contributed by atoms with van der Waals surface area (Å²) in [6, 6.07) is 10.5. The Morgan fingerprint density at radius 3 is 2.50 bits per heavy atom. The van der Waals surface area contributed by atoms with Crippen molar-refractivity contribution in [2.24, 2.45) is 0 Å². The summed E-state index contributed by atoms with van der Waals surface area (Å²) in [7, 11) is 3.07. The van der Waals surface area contributed by atoms with Crippen LogP contribution in [0.15, 0.2) is 41.2 Å². The van der Waals surface area contributed by atoms with Crippen LogP contribution in [0.5, 0.6) is 11.5 Å². The normalized spacial score (nSPS) is 10.6. The summed E-state index contributed by atoms with van der Waals surface area (Å²) >= 11 is 0. The molecule has 0 atom stereocenters. The molecule has 0 unspecified atom stereocenters. The zero-order valence-corrected chi connectivity index (χ0v) is 12.2. The Hall–Kier alpha value is -3.02. The number of aromatic nitrogens is 2. The molecule has 0 bridgehead atoms. The van der Waals surface area contributed by atoms with E-state index in [4.69, 9.17) is 15.2 Å². The molecule has 3 N–H and O–H groups in total. The van der Waals surface area contributed by atoms with E-state index in [9.17, 15) is 4.79 Å². The van der Waals surface area contributed by atoms with Crippen molar-refractivity contribution in [3.63, 3.8) is 0 Å². The third-order valence-corrected chi connectivity index (χ3v) is 3.42. The number of hydrogen-bond acceptors (Lipinski definition) is 5. The summed E-state index contributed by atoms with van der Waals surface area (Å²) < 4.78 is 10.5. The summed E-state index contributed by atoms with van der Waals surface area (Å²) in [5, 5.41) is 0.533. The number of para-hydroxylation sites is 1. The van der Waals surface area contributed by atoms with E-state index in [0.29, 0.717) is 39.5 Å². The van der Waals surface area contributed by atoms with Crippen LogP contribution in [0.4, 0.5) is 5.69 Å². The van der Waals surface area contributed by atoms with Crippen LogP contribution in [0.25, 0.3) is 22.3 Å². The molecule has 0 saturated carbocycles. The molecule has 0 spiro atoms. The Labute approximate surface area is 126 Å². The van der Waals surface area contributed by atoms with Crippen LogP contribution >= 0.6 is 0 Å². The highest BCUT2D eigenvalue weighted by Crippen LogP contribution is 2.35. The molecule has 0 amide bonds. The fourth-order valence-corrected chi connectivity index (χ4v) is 2.31. The highest BCUT2D eigenvalue weighted by atomic mass is 16.5. The van der Waals surface area contributed by atoms with Crippen molar-refractivity contribution in [2.75, 3.05) is 20.0 Å². The largest absolute Gasteiger partial charge is 0.493 e. The molecular formula is C16H15N3O3. The van der Waals surface area contributed by atoms with Gasteiger partial charge in [-0.15, -0.1) is 0 Å². The molecule has 22 heavy (non-hydrogen) atoms. The molecule has 0 aliphatic heterocycles. The number of nitrogen functional groups attached to an aromatic ring is 1. The first-order valence-corrected chi connectivity index (χ1v) is 6.65. The van der Waals surface area contributed by atoms with E-state index >= 15 is 0 Å². The summed E-state index contributed by atoms with van der Waals surface area (Å²) in [5.74, 6) is 1.43. The first kappa shape index (κ1) is 13.9. The average Bonchev–Trinajstić information content (AvgIpc) is 2.54. The maximum absolute atomic E-state index is 12.2. The Morgan fingerprint density at radius 1 is 1.09 bits per heavy atom. The van der Waals surface area contributed by atoms with Gasteiger partial charge in [0, 0.05) is 17.3 Å². The number of nitrogens with one attached hydrogen (secondary N) is 1. The number of benzene rings is 2. The summed E-state index contributed by atoms with van der Waals surface area (Å²) in [6.07, 6.45) is 0. The first-order chi connectivity index (χ1) is 10.6. The van der Waals surface area contributed by atoms with E-state index in [0.717, 1.165) is 0 Å². The van der Waals surface area contributed by atoms with Gasteiger partial charge >= 0.3 is 0 Å². The van der Waals surface area contributed by atoms with E-state index in [-0.39, 0.29) is 5.56 Å². The van der Waals surface area contributed by atoms with Crippen LogP contribution in [0, 0.1) is 0 Å². The summed E-state index contributed by atoms with van der Waals surface area (Å²) in [6.45, 7) is 0. The number of nitrogens with zero attached hydrogens (tertiary/aromatic N) is 1. The van der Waals surface area contributed by atoms with Gasteiger partial charge in [-0.05, 0) is 18.2 Å². The lowest BCUT2D eigenvalue weighted by Crippen LogP contribution is -2.10. The smallest absolute Gasteiger partial charge is 0.259 e. The molecule has 6 nitrogen and oxygen atoms in total. The van der Waals surface area contributed by atoms with Crippen LogP contribution < -0.4 is 20.8 Å². The molecule has 0 radical (unpaired) electrons. The summed E-state index contributed by atoms with van der Waals surface area (Å²) in [5.41, 5.74) is 7.47. The number of rotatable bonds is 3. The van der Waals surface area contributed by atoms with Gasteiger partial charge in [-0.25, -0.2) is 4.98 Å². The van der Waals surface area contributed by atoms with Gasteiger partial charge < -0.3 is 20.2 Å². The number of ether oxygens (including phenoxy) is 2. The quantitative estimate of drug-likeness (QED) is 0.723. The van der Waals surface area contributed by atoms with Crippen molar-refractivity contribution in [3.05, 3.63) is 46.8 Å². The van der Waals surface area contributed by atoms with Gasteiger partial charge in [0.25, 0.3) is 5.56 Å². The molecule has 2 aromatic carbocycles. The second-order valence-electron chi connectivity index (χ2n) is 4.73. The molecule has 0 aliphatic rings. The van der Waals surface area contributed by atoms with Crippen molar-refractivity contribution in [2.45, 2.75) is 0 Å². The van der Waals surface area contributed by atoms with E-state index in [1.54, 1.807) is 30.3 Å². The maximum Gasteiger partial charge on any atom is 0.259 e. The van der Waals surface area contributed by atoms with E-state index in [1.165, 1.54) is 14.2 Å². The molecule has 112 valence electrons. The lowest BCUT2D eigenvalue weighted by molar-refractivity contribution is 0.355. The molecule has 0 fully saturated rings. The fraction of sp³-hybridized carbons (Fsp3) is 0.125. The van der Waals surface area contributed by atoms with E-state index < -0.39 is 0 Å². The minimum atomic E-state index is -0.213. The van der Waals surface area contributed by atoms with Crippen molar-refractivity contribution >= 4 is 16.6 Å². The third kappa shape index (κ3) is 2.24. The topological polar surface area (TPSA) is 90.2 Å². The van der Waals surface area contributed by atoms with Gasteiger partial charge in [-0.3, -0.25) is 4.79 Å². The predicted molar refractivity (Wildman–Crippen MR) is 85.3 cm³/mol. The van der Waals surface area contributed by atoms with Crippen LogP contribution in [0.2, 0.25) is 0 Å². The number of fused-ring (bicyclic) bond motifs is 1. The van der Waals surface area contributed by atoms with Crippen LogP contribution in [0.3, 0.4) is 0 Å². The van der Waals surface area contributed by atoms with Gasteiger partial charge in [0.2, 0.25) is 0 Å². The standard InChI is InChI=1S/C16H15N3O3/c1-21-13-7-10(11(17)8-14(13)22-2)15-18-12-6-4-3-5-9(12)16(20)19-15/h3-8H,17H2,1-2H3,(H,18,19,20). The molecule has 6 heteroatoms. The molecule has 1 heterocycles. The lowest BCUT2D eigenvalue weighted by Gasteiger charge is -2.12. The zero-order valence-electron chi connectivity index (χ0n) is 12.2. The number of nitrogens with two attached hydrogens (primary N) is 1. The number of anilines is 1. The second-order valence-corrected chi connectivity index (χ2v) is 4.73. The van der Waals surface area contributed by atoms with Gasteiger partial charge in [0.05, 0.1) is 25.1 Å². The van der Waals surface area contributed by atoms with Gasteiger partial charge in [0.1, 0.15) is 5.82 Å². The average molecular weight is 297 g/mol. The van der Waals surface area contributed by atoms with Crippen molar-refractivity contribution in [1.29, 1.82) is 0 Å². The molecule has 0 aliphatic carbocycles. The van der Waals surface area contributed by atoms with Gasteiger partial charge in [-0.1, -0.05) is 12.1 Å². The highest BCUT2D eigenvalue weighted by Gasteiger charge is 2.13. The van der Waals surface area contributed by atoms with Crippen LogP contribution in [-0.4, -0.2) is 24.2 Å². The summed E-state index contributed by atoms with van der Waals surface area (Å²) in [4.78, 5) is 19.4. The SMILES string of the molecule is COc1cc(N)c(-c2nc3ccccc3c(=O)[nH]2)cc1OC.